The Balaban J connectivity index is 1.49. The zero-order valence-electron chi connectivity index (χ0n) is 19.9. The summed E-state index contributed by atoms with van der Waals surface area (Å²) in [5.41, 5.74) is 1.79. The van der Waals surface area contributed by atoms with Gasteiger partial charge in [0.05, 0.1) is 20.1 Å². The van der Waals surface area contributed by atoms with Crippen molar-refractivity contribution in [2.75, 3.05) is 33.9 Å². The molecule has 0 atom stereocenters. The molecule has 0 spiro atoms. The molecule has 1 aromatic carbocycles. The lowest BCUT2D eigenvalue weighted by atomic mass is 10.1. The number of nitrogens with zero attached hydrogens (tertiary/aromatic N) is 3. The van der Waals surface area contributed by atoms with Crippen LogP contribution in [0.2, 0.25) is 0 Å². The average molecular weight is 496 g/mol. The lowest BCUT2D eigenvalue weighted by Crippen LogP contribution is -2.35. The molecule has 0 N–H and O–H groups in total. The molecule has 0 aliphatic carbocycles. The van der Waals surface area contributed by atoms with Gasteiger partial charge in [0.2, 0.25) is 5.91 Å². The van der Waals surface area contributed by atoms with E-state index < -0.39 is 0 Å². The quantitative estimate of drug-likeness (QED) is 0.480. The molecule has 0 unspecified atom stereocenters. The molecule has 0 saturated carbocycles. The number of ether oxygens (including phenoxy) is 2. The minimum atomic E-state index is -0.240. The number of rotatable bonds is 8. The molecule has 1 aliphatic heterocycles. The highest BCUT2D eigenvalue weighted by Crippen LogP contribution is 2.25. The molecule has 35 heavy (non-hydrogen) atoms. The number of carbonyl (C=O) groups excluding carboxylic acids is 2. The molecule has 0 bridgehead atoms. The normalized spacial score (nSPS) is 13.0. The van der Waals surface area contributed by atoms with Gasteiger partial charge >= 0.3 is 0 Å². The molecule has 8 nitrogen and oxygen atoms in total. The van der Waals surface area contributed by atoms with Crippen molar-refractivity contribution in [3.63, 3.8) is 0 Å². The summed E-state index contributed by atoms with van der Waals surface area (Å²) in [6.45, 7) is 1.85. The highest BCUT2D eigenvalue weighted by Gasteiger charge is 2.28. The Bertz CT molecular complexity index is 1220. The molecule has 184 valence electrons. The molecule has 1 aliphatic rings. The first-order chi connectivity index (χ1) is 17.0. The lowest BCUT2D eigenvalue weighted by Gasteiger charge is -2.22. The van der Waals surface area contributed by atoms with Gasteiger partial charge in [-0.2, -0.15) is 11.3 Å². The number of benzene rings is 1. The monoisotopic (exact) mass is 495 g/mol. The van der Waals surface area contributed by atoms with E-state index >= 15 is 0 Å². The largest absolute Gasteiger partial charge is 0.496 e. The second kappa shape index (κ2) is 11.2. The predicted molar refractivity (Wildman–Crippen MR) is 134 cm³/mol. The van der Waals surface area contributed by atoms with Crippen LogP contribution in [-0.2, 0) is 24.3 Å². The van der Waals surface area contributed by atoms with Crippen LogP contribution in [0.5, 0.6) is 11.5 Å². The average Bonchev–Trinajstić information content (AvgIpc) is 3.27. The smallest absolute Gasteiger partial charge is 0.259 e. The molecule has 4 rings (SSSR count). The van der Waals surface area contributed by atoms with Crippen molar-refractivity contribution in [2.24, 2.45) is 0 Å². The maximum absolute atomic E-state index is 13.5. The maximum Gasteiger partial charge on any atom is 0.259 e. The van der Waals surface area contributed by atoms with Crippen LogP contribution in [0.25, 0.3) is 0 Å². The highest BCUT2D eigenvalue weighted by molar-refractivity contribution is 7.07. The zero-order valence-corrected chi connectivity index (χ0v) is 20.8. The summed E-state index contributed by atoms with van der Waals surface area (Å²) in [6.07, 6.45) is 0.615. The molecule has 3 aromatic rings. The van der Waals surface area contributed by atoms with Crippen LogP contribution in [0.4, 0.5) is 0 Å². The number of methoxy groups -OCH3 is 1. The fourth-order valence-corrected chi connectivity index (χ4v) is 4.90. The number of aromatic nitrogens is 1. The summed E-state index contributed by atoms with van der Waals surface area (Å²) in [5, 5.41) is 3.97. The summed E-state index contributed by atoms with van der Waals surface area (Å²) in [5.74, 6) is 0.723. The van der Waals surface area contributed by atoms with Crippen LogP contribution in [0.15, 0.2) is 58.0 Å². The van der Waals surface area contributed by atoms with Gasteiger partial charge in [-0.05, 0) is 34.5 Å². The SMILES string of the molecule is COc1cc(=O)n2c(c1C(=O)N(C)Cc1ccsc1)CCN(C(=O)CCOc1ccccc1)CC2. The number of carbonyl (C=O) groups is 2. The van der Waals surface area contributed by atoms with Crippen molar-refractivity contribution in [1.82, 2.24) is 14.4 Å². The van der Waals surface area contributed by atoms with Crippen molar-refractivity contribution in [3.05, 3.63) is 80.4 Å². The third-order valence-corrected chi connectivity index (χ3v) is 6.79. The first-order valence-corrected chi connectivity index (χ1v) is 12.4. The van der Waals surface area contributed by atoms with Gasteiger partial charge in [0.25, 0.3) is 11.5 Å². The number of pyridine rings is 1. The van der Waals surface area contributed by atoms with Crippen LogP contribution < -0.4 is 15.0 Å². The van der Waals surface area contributed by atoms with E-state index in [1.807, 2.05) is 47.2 Å². The molecule has 0 saturated heterocycles. The van der Waals surface area contributed by atoms with Gasteiger partial charge in [0.15, 0.2) is 0 Å². The summed E-state index contributed by atoms with van der Waals surface area (Å²) in [6, 6.07) is 12.7. The Labute approximate surface area is 208 Å². The van der Waals surface area contributed by atoms with Crippen LogP contribution in [-0.4, -0.2) is 60.0 Å². The van der Waals surface area contributed by atoms with Gasteiger partial charge in [0, 0.05) is 51.4 Å². The zero-order chi connectivity index (χ0) is 24.8. The Morgan fingerprint density at radius 3 is 2.63 bits per heavy atom. The minimum Gasteiger partial charge on any atom is -0.496 e. The fourth-order valence-electron chi connectivity index (χ4n) is 4.24. The van der Waals surface area contributed by atoms with E-state index in [0.29, 0.717) is 43.9 Å². The molecule has 0 fully saturated rings. The van der Waals surface area contributed by atoms with E-state index in [2.05, 4.69) is 0 Å². The van der Waals surface area contributed by atoms with Gasteiger partial charge in [-0.25, -0.2) is 0 Å². The van der Waals surface area contributed by atoms with E-state index in [9.17, 15) is 14.4 Å². The number of amides is 2. The third kappa shape index (κ3) is 5.74. The van der Waals surface area contributed by atoms with Gasteiger partial charge in [-0.1, -0.05) is 18.2 Å². The van der Waals surface area contributed by atoms with Crippen LogP contribution in [0.1, 0.15) is 28.0 Å². The van der Waals surface area contributed by atoms with Crippen molar-refractivity contribution in [2.45, 2.75) is 25.9 Å². The topological polar surface area (TPSA) is 81.1 Å². The number of fused-ring (bicyclic) bond motifs is 1. The summed E-state index contributed by atoms with van der Waals surface area (Å²) in [4.78, 5) is 42.5. The maximum atomic E-state index is 13.5. The molecule has 2 amide bonds. The van der Waals surface area contributed by atoms with Crippen LogP contribution >= 0.6 is 11.3 Å². The van der Waals surface area contributed by atoms with E-state index in [1.165, 1.54) is 13.2 Å². The first-order valence-electron chi connectivity index (χ1n) is 11.5. The Morgan fingerprint density at radius 1 is 1.11 bits per heavy atom. The molecule has 2 aromatic heterocycles. The molecular formula is C26H29N3O5S. The van der Waals surface area contributed by atoms with Crippen LogP contribution in [0, 0.1) is 0 Å². The molecule has 0 radical (unpaired) electrons. The number of hydrogen-bond acceptors (Lipinski definition) is 6. The van der Waals surface area contributed by atoms with E-state index in [4.69, 9.17) is 9.47 Å². The lowest BCUT2D eigenvalue weighted by molar-refractivity contribution is -0.131. The van der Waals surface area contributed by atoms with E-state index in [0.717, 1.165) is 11.3 Å². The fraction of sp³-hybridized carbons (Fsp3) is 0.346. The highest BCUT2D eigenvalue weighted by atomic mass is 32.1. The van der Waals surface area contributed by atoms with Crippen molar-refractivity contribution < 1.29 is 19.1 Å². The molecule has 9 heteroatoms. The molecular weight excluding hydrogens is 466 g/mol. The van der Waals surface area contributed by atoms with Crippen molar-refractivity contribution >= 4 is 23.2 Å². The predicted octanol–water partition coefficient (Wildman–Crippen LogP) is 3.04. The Kier molecular flexibility index (Phi) is 7.87. The number of thiophene rings is 1. The second-order valence-electron chi connectivity index (χ2n) is 8.36. The minimum absolute atomic E-state index is 0.0452. The van der Waals surface area contributed by atoms with E-state index in [1.54, 1.807) is 32.8 Å². The number of hydrogen-bond donors (Lipinski definition) is 0. The second-order valence-corrected chi connectivity index (χ2v) is 9.14. The van der Waals surface area contributed by atoms with Crippen LogP contribution in [0.3, 0.4) is 0 Å². The van der Waals surface area contributed by atoms with Gasteiger partial charge in [-0.15, -0.1) is 0 Å². The van der Waals surface area contributed by atoms with Gasteiger partial charge < -0.3 is 23.8 Å². The van der Waals surface area contributed by atoms with Crippen molar-refractivity contribution in [3.8, 4) is 11.5 Å². The van der Waals surface area contributed by atoms with E-state index in [-0.39, 0.29) is 36.2 Å². The first kappa shape index (κ1) is 24.5. The Hall–Kier alpha value is -3.59. The number of para-hydroxylation sites is 1. The standard InChI is InChI=1S/C26H29N3O5S/c1-27(17-19-10-15-35-18-19)26(32)25-21-8-11-28(12-13-29(21)24(31)16-22(25)33-2)23(30)9-14-34-20-6-4-3-5-7-20/h3-7,10,15-16,18H,8-9,11-14,17H2,1-2H3. The summed E-state index contributed by atoms with van der Waals surface area (Å²) < 4.78 is 12.7. The summed E-state index contributed by atoms with van der Waals surface area (Å²) >= 11 is 1.58. The van der Waals surface area contributed by atoms with Gasteiger partial charge in [0.1, 0.15) is 17.1 Å². The third-order valence-electron chi connectivity index (χ3n) is 6.05. The van der Waals surface area contributed by atoms with Crippen molar-refractivity contribution in [1.29, 1.82) is 0 Å². The van der Waals surface area contributed by atoms with Gasteiger partial charge in [-0.3, -0.25) is 14.4 Å². The Morgan fingerprint density at radius 2 is 1.91 bits per heavy atom. The summed E-state index contributed by atoms with van der Waals surface area (Å²) in [7, 11) is 3.20. The molecule has 3 heterocycles.